The lowest BCUT2D eigenvalue weighted by atomic mass is 10.1. The van der Waals surface area contributed by atoms with Gasteiger partial charge in [0.05, 0.1) is 6.61 Å². The first-order valence-corrected chi connectivity index (χ1v) is 6.43. The van der Waals surface area contributed by atoms with Crippen molar-refractivity contribution in [2.24, 2.45) is 0 Å². The molecular weight excluding hydrogens is 204 g/mol. The smallest absolute Gasteiger partial charge is 0.409 e. The van der Waals surface area contributed by atoms with Crippen molar-refractivity contribution in [3.63, 3.8) is 0 Å². The average molecular weight is 228 g/mol. The van der Waals surface area contributed by atoms with Gasteiger partial charge in [-0.05, 0) is 32.7 Å². The normalized spacial score (nSPS) is 17.5. The molecule has 1 amide bonds. The number of likely N-dealkylation sites (tertiary alicyclic amines) is 1. The Hall–Kier alpha value is -0.770. The predicted octanol–water partition coefficient (Wildman–Crippen LogP) is 2.00. The summed E-state index contributed by atoms with van der Waals surface area (Å²) in [6, 6.07) is 0.581. The van der Waals surface area contributed by atoms with Crippen LogP contribution >= 0.6 is 0 Å². The van der Waals surface area contributed by atoms with E-state index in [1.165, 1.54) is 12.8 Å². The fraction of sp³-hybridized carbons (Fsp3) is 0.917. The number of hydrogen-bond donors (Lipinski definition) is 1. The highest BCUT2D eigenvalue weighted by Crippen LogP contribution is 2.11. The van der Waals surface area contributed by atoms with Crippen molar-refractivity contribution < 1.29 is 9.53 Å². The number of carbonyl (C=O) groups is 1. The highest BCUT2D eigenvalue weighted by atomic mass is 16.6. The Bertz CT molecular complexity index is 201. The van der Waals surface area contributed by atoms with Gasteiger partial charge in [-0.2, -0.15) is 0 Å². The molecule has 1 rings (SSSR count). The van der Waals surface area contributed by atoms with E-state index in [1.54, 1.807) is 0 Å². The molecule has 0 atom stereocenters. The zero-order chi connectivity index (χ0) is 11.8. The van der Waals surface area contributed by atoms with Gasteiger partial charge in [0, 0.05) is 19.1 Å². The molecule has 0 aromatic carbocycles. The lowest BCUT2D eigenvalue weighted by Gasteiger charge is -2.31. The summed E-state index contributed by atoms with van der Waals surface area (Å²) in [6.45, 7) is 7.25. The molecule has 0 aromatic rings. The van der Waals surface area contributed by atoms with Crippen LogP contribution in [0.1, 0.15) is 39.5 Å². The van der Waals surface area contributed by atoms with Gasteiger partial charge < -0.3 is 15.0 Å². The first-order valence-electron chi connectivity index (χ1n) is 6.43. The lowest BCUT2D eigenvalue weighted by Crippen LogP contribution is -2.45. The van der Waals surface area contributed by atoms with Crippen LogP contribution < -0.4 is 5.32 Å². The van der Waals surface area contributed by atoms with E-state index < -0.39 is 0 Å². The number of nitrogens with one attached hydrogen (secondary N) is 1. The van der Waals surface area contributed by atoms with E-state index in [0.29, 0.717) is 12.6 Å². The van der Waals surface area contributed by atoms with Crippen LogP contribution in [-0.2, 0) is 4.74 Å². The number of piperidine rings is 1. The third kappa shape index (κ3) is 4.39. The SMILES string of the molecule is CCCCNC1CCN(C(=O)OCC)CC1. The molecule has 0 aromatic heterocycles. The molecule has 0 bridgehead atoms. The fourth-order valence-electron chi connectivity index (χ4n) is 1.96. The number of unbranched alkanes of at least 4 members (excludes halogenated alkanes) is 1. The van der Waals surface area contributed by atoms with Gasteiger partial charge in [-0.3, -0.25) is 0 Å². The molecule has 1 aliphatic heterocycles. The Morgan fingerprint density at radius 3 is 2.62 bits per heavy atom. The molecule has 0 aliphatic carbocycles. The molecule has 1 saturated heterocycles. The third-order valence-corrected chi connectivity index (χ3v) is 2.98. The van der Waals surface area contributed by atoms with E-state index in [4.69, 9.17) is 4.74 Å². The second-order valence-electron chi connectivity index (χ2n) is 4.27. The van der Waals surface area contributed by atoms with Gasteiger partial charge in [-0.25, -0.2) is 4.79 Å². The minimum Gasteiger partial charge on any atom is -0.450 e. The molecule has 4 heteroatoms. The second kappa shape index (κ2) is 7.49. The maximum Gasteiger partial charge on any atom is 0.409 e. The molecule has 94 valence electrons. The Labute approximate surface area is 98.3 Å². The van der Waals surface area contributed by atoms with Gasteiger partial charge in [0.2, 0.25) is 0 Å². The monoisotopic (exact) mass is 228 g/mol. The van der Waals surface area contributed by atoms with Crippen LogP contribution in [0.25, 0.3) is 0 Å². The molecule has 1 heterocycles. The third-order valence-electron chi connectivity index (χ3n) is 2.98. The Balaban J connectivity index is 2.15. The van der Waals surface area contributed by atoms with Gasteiger partial charge in [-0.1, -0.05) is 13.3 Å². The van der Waals surface area contributed by atoms with Crippen LogP contribution in [0.3, 0.4) is 0 Å². The van der Waals surface area contributed by atoms with E-state index in [1.807, 2.05) is 11.8 Å². The quantitative estimate of drug-likeness (QED) is 0.732. The van der Waals surface area contributed by atoms with Crippen molar-refractivity contribution in [1.82, 2.24) is 10.2 Å². The zero-order valence-electron chi connectivity index (χ0n) is 10.5. The molecule has 16 heavy (non-hydrogen) atoms. The molecule has 0 spiro atoms. The van der Waals surface area contributed by atoms with Crippen molar-refractivity contribution in [2.75, 3.05) is 26.2 Å². The van der Waals surface area contributed by atoms with E-state index in [0.717, 1.165) is 32.5 Å². The molecule has 0 saturated carbocycles. The topological polar surface area (TPSA) is 41.6 Å². The largest absolute Gasteiger partial charge is 0.450 e. The van der Waals surface area contributed by atoms with Crippen LogP contribution in [0.5, 0.6) is 0 Å². The van der Waals surface area contributed by atoms with Crippen molar-refractivity contribution in [2.45, 2.75) is 45.6 Å². The van der Waals surface area contributed by atoms with Crippen molar-refractivity contribution >= 4 is 6.09 Å². The van der Waals surface area contributed by atoms with Crippen molar-refractivity contribution in [1.29, 1.82) is 0 Å². The van der Waals surface area contributed by atoms with Crippen LogP contribution in [0, 0.1) is 0 Å². The molecule has 0 radical (unpaired) electrons. The molecule has 1 N–H and O–H groups in total. The van der Waals surface area contributed by atoms with Gasteiger partial charge >= 0.3 is 6.09 Å². The number of amides is 1. The highest BCUT2D eigenvalue weighted by molar-refractivity contribution is 5.67. The average Bonchev–Trinajstić information content (AvgIpc) is 2.30. The summed E-state index contributed by atoms with van der Waals surface area (Å²) in [5.74, 6) is 0. The summed E-state index contributed by atoms with van der Waals surface area (Å²) in [6.07, 6.45) is 4.40. The van der Waals surface area contributed by atoms with Gasteiger partial charge in [0.1, 0.15) is 0 Å². The van der Waals surface area contributed by atoms with Crippen LogP contribution in [0.15, 0.2) is 0 Å². The lowest BCUT2D eigenvalue weighted by molar-refractivity contribution is 0.0951. The molecular formula is C12H24N2O2. The summed E-state index contributed by atoms with van der Waals surface area (Å²) in [4.78, 5) is 13.3. The molecule has 1 fully saturated rings. The summed E-state index contributed by atoms with van der Waals surface area (Å²) < 4.78 is 4.98. The summed E-state index contributed by atoms with van der Waals surface area (Å²) in [5.41, 5.74) is 0. The molecule has 4 nitrogen and oxygen atoms in total. The van der Waals surface area contributed by atoms with Crippen LogP contribution in [0.2, 0.25) is 0 Å². The van der Waals surface area contributed by atoms with E-state index >= 15 is 0 Å². The van der Waals surface area contributed by atoms with E-state index in [9.17, 15) is 4.79 Å². The summed E-state index contributed by atoms with van der Waals surface area (Å²) in [7, 11) is 0. The molecule has 0 unspecified atom stereocenters. The maximum absolute atomic E-state index is 11.4. The molecule has 1 aliphatic rings. The van der Waals surface area contributed by atoms with E-state index in [-0.39, 0.29) is 6.09 Å². The van der Waals surface area contributed by atoms with Crippen LogP contribution in [-0.4, -0.2) is 43.3 Å². The first-order chi connectivity index (χ1) is 7.77. The Morgan fingerprint density at radius 2 is 2.06 bits per heavy atom. The minimum atomic E-state index is -0.158. The summed E-state index contributed by atoms with van der Waals surface area (Å²) >= 11 is 0. The van der Waals surface area contributed by atoms with Gasteiger partial charge in [-0.15, -0.1) is 0 Å². The Morgan fingerprint density at radius 1 is 1.38 bits per heavy atom. The number of rotatable bonds is 5. The standard InChI is InChI=1S/C12H24N2O2/c1-3-5-8-13-11-6-9-14(10-7-11)12(15)16-4-2/h11,13H,3-10H2,1-2H3. The number of hydrogen-bond acceptors (Lipinski definition) is 3. The zero-order valence-corrected chi connectivity index (χ0v) is 10.5. The predicted molar refractivity (Wildman–Crippen MR) is 64.5 cm³/mol. The minimum absolute atomic E-state index is 0.158. The highest BCUT2D eigenvalue weighted by Gasteiger charge is 2.22. The summed E-state index contributed by atoms with van der Waals surface area (Å²) in [5, 5.41) is 3.54. The Kier molecular flexibility index (Phi) is 6.23. The first kappa shape index (κ1) is 13.3. The van der Waals surface area contributed by atoms with Gasteiger partial charge in [0.25, 0.3) is 0 Å². The van der Waals surface area contributed by atoms with E-state index in [2.05, 4.69) is 12.2 Å². The van der Waals surface area contributed by atoms with Crippen molar-refractivity contribution in [3.05, 3.63) is 0 Å². The number of nitrogens with zero attached hydrogens (tertiary/aromatic N) is 1. The van der Waals surface area contributed by atoms with Crippen molar-refractivity contribution in [3.8, 4) is 0 Å². The maximum atomic E-state index is 11.4. The number of carbonyl (C=O) groups excluding carboxylic acids is 1. The number of ether oxygens (including phenoxy) is 1. The fourth-order valence-corrected chi connectivity index (χ4v) is 1.96. The second-order valence-corrected chi connectivity index (χ2v) is 4.27. The van der Waals surface area contributed by atoms with Gasteiger partial charge in [0.15, 0.2) is 0 Å². The van der Waals surface area contributed by atoms with Crippen LogP contribution in [0.4, 0.5) is 4.79 Å².